The first-order valence-corrected chi connectivity index (χ1v) is 10.6. The van der Waals surface area contributed by atoms with Gasteiger partial charge in [-0.25, -0.2) is 4.79 Å². The summed E-state index contributed by atoms with van der Waals surface area (Å²) in [5.74, 6) is -1.59. The molecule has 1 aliphatic rings. The van der Waals surface area contributed by atoms with Crippen molar-refractivity contribution in [3.05, 3.63) is 59.7 Å². The molecule has 2 aromatic carbocycles. The number of aliphatic hydroxyl groups is 1. The zero-order valence-electron chi connectivity index (χ0n) is 18.3. The second kappa shape index (κ2) is 11.6. The SMILES string of the molecule is CCC.CCC1C(CO)ON(Cc2cccc(-c3ccc(C(=O)O)cc3)c2)C1C(N)=O. The molecule has 4 N–H and O–H groups in total. The summed E-state index contributed by atoms with van der Waals surface area (Å²) in [6.45, 7) is 6.37. The minimum atomic E-state index is -0.965. The second-order valence-electron chi connectivity index (χ2n) is 7.61. The van der Waals surface area contributed by atoms with Gasteiger partial charge in [-0.15, -0.1) is 0 Å². The Kier molecular flexibility index (Phi) is 9.18. The van der Waals surface area contributed by atoms with Crippen LogP contribution in [0.3, 0.4) is 0 Å². The zero-order valence-corrected chi connectivity index (χ0v) is 18.3. The summed E-state index contributed by atoms with van der Waals surface area (Å²) in [6, 6.07) is 13.8. The molecule has 1 aliphatic heterocycles. The first kappa shape index (κ1) is 24.5. The number of carbonyl (C=O) groups excluding carboxylic acids is 1. The Balaban J connectivity index is 0.00000107. The molecule has 0 aromatic heterocycles. The molecule has 0 saturated carbocycles. The van der Waals surface area contributed by atoms with Crippen molar-refractivity contribution in [3.8, 4) is 11.1 Å². The highest BCUT2D eigenvalue weighted by molar-refractivity contribution is 5.88. The molecule has 1 saturated heterocycles. The van der Waals surface area contributed by atoms with Crippen molar-refractivity contribution in [2.45, 2.75) is 52.3 Å². The van der Waals surface area contributed by atoms with Gasteiger partial charge in [-0.1, -0.05) is 57.5 Å². The minimum Gasteiger partial charge on any atom is -0.478 e. The highest BCUT2D eigenvalue weighted by Gasteiger charge is 2.45. The molecule has 3 unspecified atom stereocenters. The van der Waals surface area contributed by atoms with Crippen molar-refractivity contribution in [2.75, 3.05) is 6.61 Å². The van der Waals surface area contributed by atoms with Crippen LogP contribution in [0.4, 0.5) is 0 Å². The number of nitrogens with two attached hydrogens (primary N) is 1. The summed E-state index contributed by atoms with van der Waals surface area (Å²) in [5.41, 5.74) is 8.56. The molecule has 31 heavy (non-hydrogen) atoms. The second-order valence-corrected chi connectivity index (χ2v) is 7.61. The Hall–Kier alpha value is -2.74. The van der Waals surface area contributed by atoms with Gasteiger partial charge in [-0.3, -0.25) is 9.63 Å². The smallest absolute Gasteiger partial charge is 0.335 e. The van der Waals surface area contributed by atoms with Gasteiger partial charge in [0.2, 0.25) is 5.91 Å². The van der Waals surface area contributed by atoms with Crippen LogP contribution in [-0.4, -0.2) is 45.9 Å². The van der Waals surface area contributed by atoms with Crippen LogP contribution in [0.5, 0.6) is 0 Å². The topological polar surface area (TPSA) is 113 Å². The van der Waals surface area contributed by atoms with E-state index in [1.54, 1.807) is 29.3 Å². The summed E-state index contributed by atoms with van der Waals surface area (Å²) in [4.78, 5) is 28.8. The van der Waals surface area contributed by atoms with E-state index in [0.29, 0.717) is 13.0 Å². The molecular formula is C24H32N2O5. The Bertz CT molecular complexity index is 869. The molecule has 3 atom stereocenters. The van der Waals surface area contributed by atoms with Gasteiger partial charge in [0.05, 0.1) is 18.7 Å². The average molecular weight is 429 g/mol. The van der Waals surface area contributed by atoms with Crippen LogP contribution in [0.2, 0.25) is 0 Å². The van der Waals surface area contributed by atoms with E-state index in [-0.39, 0.29) is 18.1 Å². The number of nitrogens with zero attached hydrogens (tertiary/aromatic N) is 1. The van der Waals surface area contributed by atoms with Crippen molar-refractivity contribution >= 4 is 11.9 Å². The maximum atomic E-state index is 12.0. The molecule has 0 radical (unpaired) electrons. The van der Waals surface area contributed by atoms with Gasteiger partial charge in [0.1, 0.15) is 12.1 Å². The quantitative estimate of drug-likeness (QED) is 0.622. The lowest BCUT2D eigenvalue weighted by Gasteiger charge is -2.22. The maximum Gasteiger partial charge on any atom is 0.335 e. The molecule has 7 nitrogen and oxygen atoms in total. The van der Waals surface area contributed by atoms with E-state index < -0.39 is 24.0 Å². The lowest BCUT2D eigenvalue weighted by molar-refractivity contribution is -0.180. The number of benzene rings is 2. The van der Waals surface area contributed by atoms with Gasteiger partial charge in [-0.2, -0.15) is 5.06 Å². The number of rotatable bonds is 7. The fourth-order valence-corrected chi connectivity index (χ4v) is 3.71. The average Bonchev–Trinajstić information content (AvgIpc) is 3.12. The molecule has 7 heteroatoms. The number of hydroxylamine groups is 2. The molecule has 1 heterocycles. The monoisotopic (exact) mass is 428 g/mol. The van der Waals surface area contributed by atoms with Gasteiger partial charge >= 0.3 is 5.97 Å². The van der Waals surface area contributed by atoms with Crippen molar-refractivity contribution in [3.63, 3.8) is 0 Å². The van der Waals surface area contributed by atoms with E-state index in [1.165, 1.54) is 6.42 Å². The van der Waals surface area contributed by atoms with Crippen molar-refractivity contribution in [2.24, 2.45) is 11.7 Å². The minimum absolute atomic E-state index is 0.158. The summed E-state index contributed by atoms with van der Waals surface area (Å²) in [6.07, 6.45) is 1.47. The highest BCUT2D eigenvalue weighted by Crippen LogP contribution is 2.32. The molecule has 0 aliphatic carbocycles. The van der Waals surface area contributed by atoms with Gasteiger partial charge in [0.25, 0.3) is 0 Å². The Labute approximate surface area is 183 Å². The number of amides is 1. The third-order valence-corrected chi connectivity index (χ3v) is 5.14. The number of hydrogen-bond donors (Lipinski definition) is 3. The lowest BCUT2D eigenvalue weighted by atomic mass is 9.92. The first-order valence-electron chi connectivity index (χ1n) is 10.6. The van der Waals surface area contributed by atoms with Gasteiger partial charge in [0, 0.05) is 5.92 Å². The molecule has 1 fully saturated rings. The summed E-state index contributed by atoms with van der Waals surface area (Å²) in [7, 11) is 0. The van der Waals surface area contributed by atoms with Gasteiger partial charge in [0.15, 0.2) is 0 Å². The van der Waals surface area contributed by atoms with Crippen LogP contribution in [-0.2, 0) is 16.2 Å². The number of carboxylic acid groups (broad SMARTS) is 1. The van der Waals surface area contributed by atoms with E-state index in [1.807, 2.05) is 31.2 Å². The predicted molar refractivity (Wildman–Crippen MR) is 119 cm³/mol. The van der Waals surface area contributed by atoms with E-state index in [9.17, 15) is 14.7 Å². The third kappa shape index (κ3) is 6.13. The fraction of sp³-hybridized carbons (Fsp3) is 0.417. The van der Waals surface area contributed by atoms with E-state index in [2.05, 4.69) is 13.8 Å². The van der Waals surface area contributed by atoms with Crippen LogP contribution in [0, 0.1) is 5.92 Å². The van der Waals surface area contributed by atoms with Crippen LogP contribution >= 0.6 is 0 Å². The summed E-state index contributed by atoms with van der Waals surface area (Å²) >= 11 is 0. The van der Waals surface area contributed by atoms with Crippen molar-refractivity contribution < 1.29 is 24.6 Å². The predicted octanol–water partition coefficient (Wildman–Crippen LogP) is 3.46. The number of hydrogen-bond acceptors (Lipinski definition) is 5. The summed E-state index contributed by atoms with van der Waals surface area (Å²) < 4.78 is 0. The van der Waals surface area contributed by atoms with Gasteiger partial charge in [-0.05, 0) is 41.3 Å². The molecular weight excluding hydrogens is 396 g/mol. The standard InChI is InChI=1S/C21H24N2O5.C3H8/c1-2-17-18(12-24)28-23(19(17)20(22)25)11-13-4-3-5-16(10-13)14-6-8-15(9-7-14)21(26)27;1-3-2/h3-10,17-19,24H,2,11-12H2,1H3,(H2,22,25)(H,26,27);3H2,1-2H3. The van der Waals surface area contributed by atoms with E-state index in [4.69, 9.17) is 15.7 Å². The lowest BCUT2D eigenvalue weighted by Crippen LogP contribution is -2.43. The van der Waals surface area contributed by atoms with Crippen LogP contribution < -0.4 is 5.73 Å². The van der Waals surface area contributed by atoms with Crippen LogP contribution in [0.25, 0.3) is 11.1 Å². The molecule has 2 aromatic rings. The molecule has 3 rings (SSSR count). The fourth-order valence-electron chi connectivity index (χ4n) is 3.71. The molecule has 1 amide bonds. The van der Waals surface area contributed by atoms with E-state index >= 15 is 0 Å². The number of aliphatic hydroxyl groups excluding tert-OH is 1. The van der Waals surface area contributed by atoms with Crippen LogP contribution in [0.1, 0.15) is 49.5 Å². The molecule has 168 valence electrons. The van der Waals surface area contributed by atoms with Gasteiger partial charge < -0.3 is 15.9 Å². The normalized spacial score (nSPS) is 20.7. The number of carboxylic acids is 1. The molecule has 0 bridgehead atoms. The largest absolute Gasteiger partial charge is 0.478 e. The summed E-state index contributed by atoms with van der Waals surface area (Å²) in [5, 5.41) is 20.1. The number of primary amides is 1. The van der Waals surface area contributed by atoms with Crippen molar-refractivity contribution in [1.82, 2.24) is 5.06 Å². The third-order valence-electron chi connectivity index (χ3n) is 5.14. The van der Waals surface area contributed by atoms with Crippen LogP contribution in [0.15, 0.2) is 48.5 Å². The van der Waals surface area contributed by atoms with E-state index in [0.717, 1.165) is 16.7 Å². The number of carbonyl (C=O) groups is 2. The first-order chi connectivity index (χ1) is 14.9. The Morgan fingerprint density at radius 2 is 1.71 bits per heavy atom. The maximum absolute atomic E-state index is 12.0. The Morgan fingerprint density at radius 3 is 2.23 bits per heavy atom. The number of aromatic carboxylic acids is 1. The zero-order chi connectivity index (χ0) is 23.0. The van der Waals surface area contributed by atoms with Crippen molar-refractivity contribution in [1.29, 1.82) is 0 Å². The highest BCUT2D eigenvalue weighted by atomic mass is 16.7. The Morgan fingerprint density at radius 1 is 1.06 bits per heavy atom. The molecule has 0 spiro atoms.